The van der Waals surface area contributed by atoms with E-state index >= 15 is 0 Å². The van der Waals surface area contributed by atoms with Crippen LogP contribution in [0.3, 0.4) is 0 Å². The van der Waals surface area contributed by atoms with Crippen molar-refractivity contribution in [2.45, 2.75) is 27.2 Å². The van der Waals surface area contributed by atoms with Crippen LogP contribution < -0.4 is 4.72 Å². The van der Waals surface area contributed by atoms with Gasteiger partial charge in [0.15, 0.2) is 0 Å². The number of aryl methyl sites for hydroxylation is 1. The van der Waals surface area contributed by atoms with Crippen LogP contribution in [0, 0.1) is 24.2 Å². The standard InChI is InChI=1S/C13H18N2O2S/c1-10(2)7-8-18(16,17)15-13-6-4-5-11(3)12(13)9-14/h4-6,10,15H,7-8H2,1-3H3. The molecular formula is C13H18N2O2S. The second-order valence-electron chi connectivity index (χ2n) is 4.71. The Hall–Kier alpha value is -1.54. The van der Waals surface area contributed by atoms with E-state index in [1.54, 1.807) is 25.1 Å². The predicted octanol–water partition coefficient (Wildman–Crippen LogP) is 2.65. The molecule has 5 heteroatoms. The summed E-state index contributed by atoms with van der Waals surface area (Å²) in [6, 6.07) is 7.15. The number of nitrogens with one attached hydrogen (secondary N) is 1. The number of nitriles is 1. The molecule has 0 unspecified atom stereocenters. The molecule has 0 aliphatic carbocycles. The minimum Gasteiger partial charge on any atom is -0.282 e. The Balaban J connectivity index is 2.92. The van der Waals surface area contributed by atoms with Gasteiger partial charge in [-0.3, -0.25) is 4.72 Å². The molecule has 0 saturated carbocycles. The van der Waals surface area contributed by atoms with Gasteiger partial charge in [-0.2, -0.15) is 5.26 Å². The summed E-state index contributed by atoms with van der Waals surface area (Å²) in [7, 11) is -3.38. The van der Waals surface area contributed by atoms with Crippen molar-refractivity contribution >= 4 is 15.7 Å². The first kappa shape index (κ1) is 14.5. The average molecular weight is 266 g/mol. The molecule has 0 aromatic heterocycles. The molecule has 1 aromatic rings. The highest BCUT2D eigenvalue weighted by Crippen LogP contribution is 2.20. The van der Waals surface area contributed by atoms with Crippen molar-refractivity contribution in [3.05, 3.63) is 29.3 Å². The highest BCUT2D eigenvalue weighted by atomic mass is 32.2. The topological polar surface area (TPSA) is 70.0 Å². The fourth-order valence-corrected chi connectivity index (χ4v) is 2.90. The molecule has 0 aliphatic heterocycles. The second kappa shape index (κ2) is 5.87. The normalized spacial score (nSPS) is 11.3. The average Bonchev–Trinajstić information content (AvgIpc) is 2.26. The van der Waals surface area contributed by atoms with Gasteiger partial charge in [0.1, 0.15) is 6.07 Å². The highest BCUT2D eigenvalue weighted by Gasteiger charge is 2.14. The van der Waals surface area contributed by atoms with E-state index < -0.39 is 10.0 Å². The molecule has 0 heterocycles. The van der Waals surface area contributed by atoms with Crippen LogP contribution in [0.25, 0.3) is 0 Å². The van der Waals surface area contributed by atoms with Gasteiger partial charge in [-0.1, -0.05) is 26.0 Å². The molecule has 98 valence electrons. The van der Waals surface area contributed by atoms with Gasteiger partial charge in [0, 0.05) is 0 Å². The maximum absolute atomic E-state index is 11.9. The number of hydrogen-bond acceptors (Lipinski definition) is 3. The first-order valence-corrected chi connectivity index (χ1v) is 7.51. The fraction of sp³-hybridized carbons (Fsp3) is 0.462. The Morgan fingerprint density at radius 3 is 2.61 bits per heavy atom. The van der Waals surface area contributed by atoms with Crippen LogP contribution in [0.1, 0.15) is 31.4 Å². The lowest BCUT2D eigenvalue weighted by Crippen LogP contribution is -2.18. The van der Waals surface area contributed by atoms with Crippen LogP contribution in [-0.2, 0) is 10.0 Å². The molecule has 0 bridgehead atoms. The third-order valence-electron chi connectivity index (χ3n) is 2.61. The molecule has 0 atom stereocenters. The summed E-state index contributed by atoms with van der Waals surface area (Å²) < 4.78 is 26.2. The second-order valence-corrected chi connectivity index (χ2v) is 6.55. The summed E-state index contributed by atoms with van der Waals surface area (Å²) in [5.74, 6) is 0.401. The molecule has 0 spiro atoms. The van der Waals surface area contributed by atoms with E-state index in [9.17, 15) is 8.42 Å². The van der Waals surface area contributed by atoms with E-state index in [2.05, 4.69) is 4.72 Å². The van der Waals surface area contributed by atoms with Crippen LogP contribution in [0.15, 0.2) is 18.2 Å². The molecular weight excluding hydrogens is 248 g/mol. The Morgan fingerprint density at radius 2 is 2.06 bits per heavy atom. The largest absolute Gasteiger partial charge is 0.282 e. The van der Waals surface area contributed by atoms with E-state index in [1.165, 1.54) is 0 Å². The van der Waals surface area contributed by atoms with Crippen LogP contribution in [-0.4, -0.2) is 14.2 Å². The van der Waals surface area contributed by atoms with Crippen molar-refractivity contribution in [1.82, 2.24) is 0 Å². The van der Waals surface area contributed by atoms with Crippen molar-refractivity contribution in [2.75, 3.05) is 10.5 Å². The van der Waals surface area contributed by atoms with Crippen LogP contribution in [0.4, 0.5) is 5.69 Å². The Morgan fingerprint density at radius 1 is 1.39 bits per heavy atom. The number of hydrogen-bond donors (Lipinski definition) is 1. The summed E-state index contributed by atoms with van der Waals surface area (Å²) >= 11 is 0. The molecule has 18 heavy (non-hydrogen) atoms. The fourth-order valence-electron chi connectivity index (χ4n) is 1.51. The Bertz CT molecular complexity index is 557. The number of anilines is 1. The quantitative estimate of drug-likeness (QED) is 0.890. The zero-order chi connectivity index (χ0) is 13.8. The number of nitrogens with zero attached hydrogens (tertiary/aromatic N) is 1. The van der Waals surface area contributed by atoms with Gasteiger partial charge < -0.3 is 0 Å². The van der Waals surface area contributed by atoms with Crippen molar-refractivity contribution < 1.29 is 8.42 Å². The SMILES string of the molecule is Cc1cccc(NS(=O)(=O)CCC(C)C)c1C#N. The molecule has 0 fully saturated rings. The van der Waals surface area contributed by atoms with E-state index in [4.69, 9.17) is 5.26 Å². The molecule has 1 rings (SSSR count). The van der Waals surface area contributed by atoms with Crippen LogP contribution in [0.2, 0.25) is 0 Å². The molecule has 0 aliphatic rings. The van der Waals surface area contributed by atoms with Gasteiger partial charge in [0.05, 0.1) is 17.0 Å². The third kappa shape index (κ3) is 4.04. The molecule has 0 radical (unpaired) electrons. The Kier molecular flexibility index (Phi) is 4.74. The molecule has 0 amide bonds. The number of benzene rings is 1. The summed E-state index contributed by atoms with van der Waals surface area (Å²) in [6.07, 6.45) is 0.600. The van der Waals surface area contributed by atoms with E-state index in [-0.39, 0.29) is 5.75 Å². The van der Waals surface area contributed by atoms with E-state index in [1.807, 2.05) is 19.9 Å². The predicted molar refractivity (Wildman–Crippen MR) is 72.8 cm³/mol. The molecule has 0 saturated heterocycles. The summed E-state index contributed by atoms with van der Waals surface area (Å²) in [5.41, 5.74) is 1.51. The van der Waals surface area contributed by atoms with Crippen molar-refractivity contribution in [2.24, 2.45) is 5.92 Å². The number of sulfonamides is 1. The van der Waals surface area contributed by atoms with Crippen molar-refractivity contribution in [1.29, 1.82) is 5.26 Å². The monoisotopic (exact) mass is 266 g/mol. The maximum Gasteiger partial charge on any atom is 0.232 e. The lowest BCUT2D eigenvalue weighted by Gasteiger charge is -2.11. The summed E-state index contributed by atoms with van der Waals surface area (Å²) in [6.45, 7) is 5.73. The van der Waals surface area contributed by atoms with Gasteiger partial charge in [-0.25, -0.2) is 8.42 Å². The van der Waals surface area contributed by atoms with Gasteiger partial charge in [-0.05, 0) is 30.9 Å². The Labute approximate surface area is 109 Å². The van der Waals surface area contributed by atoms with Gasteiger partial charge >= 0.3 is 0 Å². The molecule has 1 N–H and O–H groups in total. The first-order chi connectivity index (χ1) is 8.35. The van der Waals surface area contributed by atoms with E-state index in [0.717, 1.165) is 5.56 Å². The summed E-state index contributed by atoms with van der Waals surface area (Å²) in [5, 5.41) is 9.03. The lowest BCUT2D eigenvalue weighted by molar-refractivity contribution is 0.578. The highest BCUT2D eigenvalue weighted by molar-refractivity contribution is 7.92. The maximum atomic E-state index is 11.9. The molecule has 4 nitrogen and oxygen atoms in total. The number of rotatable bonds is 5. The third-order valence-corrected chi connectivity index (χ3v) is 3.92. The minimum absolute atomic E-state index is 0.0729. The van der Waals surface area contributed by atoms with Crippen LogP contribution >= 0.6 is 0 Å². The van der Waals surface area contributed by atoms with Crippen molar-refractivity contribution in [3.63, 3.8) is 0 Å². The van der Waals surface area contributed by atoms with Gasteiger partial charge in [0.25, 0.3) is 0 Å². The zero-order valence-electron chi connectivity index (χ0n) is 10.9. The van der Waals surface area contributed by atoms with E-state index in [0.29, 0.717) is 23.6 Å². The van der Waals surface area contributed by atoms with Gasteiger partial charge in [-0.15, -0.1) is 0 Å². The summed E-state index contributed by atoms with van der Waals surface area (Å²) in [4.78, 5) is 0. The first-order valence-electron chi connectivity index (χ1n) is 5.86. The minimum atomic E-state index is -3.38. The van der Waals surface area contributed by atoms with Crippen LogP contribution in [0.5, 0.6) is 0 Å². The smallest absolute Gasteiger partial charge is 0.232 e. The lowest BCUT2D eigenvalue weighted by atomic mass is 10.1. The van der Waals surface area contributed by atoms with Crippen molar-refractivity contribution in [3.8, 4) is 6.07 Å². The van der Waals surface area contributed by atoms with Gasteiger partial charge in [0.2, 0.25) is 10.0 Å². The molecule has 1 aromatic carbocycles. The zero-order valence-corrected chi connectivity index (χ0v) is 11.7.